The van der Waals surface area contributed by atoms with Crippen LogP contribution in [0.1, 0.15) is 51.5 Å². The van der Waals surface area contributed by atoms with Gasteiger partial charge in [0.15, 0.2) is 0 Å². The summed E-state index contributed by atoms with van der Waals surface area (Å²) in [4.78, 5) is 32.4. The number of carbonyl (C=O) groups is 2. The smallest absolute Gasteiger partial charge is 0.314 e. The maximum Gasteiger partial charge on any atom is 0.314 e. The predicted octanol–water partition coefficient (Wildman–Crippen LogP) is 3.29. The Morgan fingerprint density at radius 3 is 2.86 bits per heavy atom. The van der Waals surface area contributed by atoms with Crippen LogP contribution in [0.2, 0.25) is 0 Å². The lowest BCUT2D eigenvalue weighted by molar-refractivity contribution is -0.163. The lowest BCUT2D eigenvalue weighted by atomic mass is 9.74. The van der Waals surface area contributed by atoms with Crippen LogP contribution in [0, 0.1) is 11.2 Å². The molecule has 1 aromatic rings. The first-order chi connectivity index (χ1) is 13.5. The molecule has 1 fully saturated rings. The van der Waals surface area contributed by atoms with E-state index in [1.54, 1.807) is 30.0 Å². The molecule has 0 radical (unpaired) electrons. The first-order valence-corrected chi connectivity index (χ1v) is 9.91. The summed E-state index contributed by atoms with van der Waals surface area (Å²) in [5, 5.41) is 4.06. The standard InChI is InChI=1S/C21H27FN2O4/c1-3-19(25)24-11-7-10-21(14-24,20(26)27-4-2)13-15-12-18(23-28-15)16-8-5-6-9-17(16)22/h5-6,8-9,15H,3-4,7,10-14H2,1-2H3. The lowest BCUT2D eigenvalue weighted by Crippen LogP contribution is -2.51. The number of benzene rings is 1. The fraction of sp³-hybridized carbons (Fsp3) is 0.571. The van der Waals surface area contributed by atoms with Crippen LogP contribution in [0.5, 0.6) is 0 Å². The molecule has 0 aromatic heterocycles. The van der Waals surface area contributed by atoms with Crippen molar-refractivity contribution in [3.8, 4) is 0 Å². The molecule has 0 N–H and O–H groups in total. The van der Waals surface area contributed by atoms with Gasteiger partial charge in [-0.15, -0.1) is 0 Å². The molecule has 1 aromatic carbocycles. The van der Waals surface area contributed by atoms with Crippen molar-refractivity contribution in [2.75, 3.05) is 19.7 Å². The molecule has 7 heteroatoms. The van der Waals surface area contributed by atoms with Gasteiger partial charge in [-0.1, -0.05) is 30.3 Å². The maximum atomic E-state index is 14.1. The lowest BCUT2D eigenvalue weighted by Gasteiger charge is -2.41. The summed E-state index contributed by atoms with van der Waals surface area (Å²) in [6.07, 6.45) is 2.23. The number of nitrogens with zero attached hydrogens (tertiary/aromatic N) is 2. The van der Waals surface area contributed by atoms with Gasteiger partial charge in [0.25, 0.3) is 0 Å². The van der Waals surface area contributed by atoms with Crippen LogP contribution in [0.3, 0.4) is 0 Å². The molecule has 2 atom stereocenters. The van der Waals surface area contributed by atoms with Gasteiger partial charge in [-0.3, -0.25) is 9.59 Å². The fourth-order valence-corrected chi connectivity index (χ4v) is 4.10. The zero-order valence-electron chi connectivity index (χ0n) is 16.4. The van der Waals surface area contributed by atoms with E-state index in [1.807, 2.05) is 6.92 Å². The van der Waals surface area contributed by atoms with Crippen molar-refractivity contribution >= 4 is 17.6 Å². The van der Waals surface area contributed by atoms with Crippen LogP contribution >= 0.6 is 0 Å². The number of carbonyl (C=O) groups excluding carboxylic acids is 2. The molecule has 0 saturated carbocycles. The van der Waals surface area contributed by atoms with Gasteiger partial charge < -0.3 is 14.5 Å². The van der Waals surface area contributed by atoms with Crippen molar-refractivity contribution < 1.29 is 23.6 Å². The zero-order valence-corrected chi connectivity index (χ0v) is 16.4. The molecule has 0 spiro atoms. The molecule has 2 heterocycles. The summed E-state index contributed by atoms with van der Waals surface area (Å²) < 4.78 is 19.4. The van der Waals surface area contributed by atoms with Crippen LogP contribution in [0.4, 0.5) is 4.39 Å². The number of ether oxygens (including phenoxy) is 1. The van der Waals surface area contributed by atoms with Crippen LogP contribution in [0.25, 0.3) is 0 Å². The Morgan fingerprint density at radius 2 is 2.14 bits per heavy atom. The SMILES string of the molecule is CCOC(=O)C1(CC2CC(c3ccccc3F)=NO2)CCCN(C(=O)CC)C1. The number of amides is 1. The first kappa shape index (κ1) is 20.3. The van der Waals surface area contributed by atoms with Gasteiger partial charge in [-0.05, 0) is 25.8 Å². The fourth-order valence-electron chi connectivity index (χ4n) is 4.10. The van der Waals surface area contributed by atoms with Gasteiger partial charge in [-0.2, -0.15) is 0 Å². The molecule has 2 aliphatic heterocycles. The summed E-state index contributed by atoms with van der Waals surface area (Å²) in [6, 6.07) is 6.44. The Bertz CT molecular complexity index is 767. The highest BCUT2D eigenvalue weighted by atomic mass is 19.1. The van der Waals surface area contributed by atoms with Gasteiger partial charge in [0, 0.05) is 37.9 Å². The Hall–Kier alpha value is -2.44. The molecule has 6 nitrogen and oxygen atoms in total. The molecule has 3 rings (SSSR count). The molecule has 2 unspecified atom stereocenters. The third-order valence-electron chi connectivity index (χ3n) is 5.48. The van der Waals surface area contributed by atoms with Crippen molar-refractivity contribution in [3.63, 3.8) is 0 Å². The second-order valence-electron chi connectivity index (χ2n) is 7.43. The van der Waals surface area contributed by atoms with E-state index >= 15 is 0 Å². The number of hydrogen-bond donors (Lipinski definition) is 0. The van der Waals surface area contributed by atoms with E-state index in [0.29, 0.717) is 50.0 Å². The van der Waals surface area contributed by atoms with E-state index in [9.17, 15) is 14.0 Å². The minimum atomic E-state index is -0.816. The molecule has 28 heavy (non-hydrogen) atoms. The normalized spacial score (nSPS) is 24.5. The van der Waals surface area contributed by atoms with Crippen molar-refractivity contribution in [1.29, 1.82) is 0 Å². The van der Waals surface area contributed by atoms with Crippen LogP contribution in [0.15, 0.2) is 29.4 Å². The predicted molar refractivity (Wildman–Crippen MR) is 102 cm³/mol. The van der Waals surface area contributed by atoms with E-state index in [4.69, 9.17) is 9.57 Å². The minimum absolute atomic E-state index is 0.0315. The van der Waals surface area contributed by atoms with Gasteiger partial charge in [0.05, 0.1) is 17.7 Å². The average molecular weight is 390 g/mol. The number of likely N-dealkylation sites (tertiary alicyclic amines) is 1. The largest absolute Gasteiger partial charge is 0.466 e. The van der Waals surface area contributed by atoms with Gasteiger partial charge >= 0.3 is 5.97 Å². The van der Waals surface area contributed by atoms with Gasteiger partial charge in [0.2, 0.25) is 5.91 Å². The molecule has 1 saturated heterocycles. The molecular weight excluding hydrogens is 363 g/mol. The molecule has 152 valence electrons. The van der Waals surface area contributed by atoms with Crippen LogP contribution in [-0.4, -0.2) is 48.3 Å². The van der Waals surface area contributed by atoms with Crippen LogP contribution in [-0.2, 0) is 19.2 Å². The summed E-state index contributed by atoms with van der Waals surface area (Å²) in [6.45, 7) is 4.85. The van der Waals surface area contributed by atoms with E-state index in [2.05, 4.69) is 5.16 Å². The van der Waals surface area contributed by atoms with Crippen LogP contribution < -0.4 is 0 Å². The second-order valence-corrected chi connectivity index (χ2v) is 7.43. The number of oxime groups is 1. The number of halogens is 1. The summed E-state index contributed by atoms with van der Waals surface area (Å²) in [7, 11) is 0. The topological polar surface area (TPSA) is 68.2 Å². The quantitative estimate of drug-likeness (QED) is 0.699. The summed E-state index contributed by atoms with van der Waals surface area (Å²) >= 11 is 0. The Morgan fingerprint density at radius 1 is 1.36 bits per heavy atom. The number of hydrogen-bond acceptors (Lipinski definition) is 5. The van der Waals surface area contributed by atoms with Crippen molar-refractivity contribution in [2.24, 2.45) is 10.6 Å². The van der Waals surface area contributed by atoms with E-state index < -0.39 is 5.41 Å². The highest BCUT2D eigenvalue weighted by Gasteiger charge is 2.47. The molecule has 0 aliphatic carbocycles. The van der Waals surface area contributed by atoms with E-state index in [0.717, 1.165) is 6.42 Å². The van der Waals surface area contributed by atoms with Crippen molar-refractivity contribution in [3.05, 3.63) is 35.6 Å². The molecule has 0 bridgehead atoms. The summed E-state index contributed by atoms with van der Waals surface area (Å²) in [5.74, 6) is -0.612. The minimum Gasteiger partial charge on any atom is -0.466 e. The highest BCUT2D eigenvalue weighted by Crippen LogP contribution is 2.39. The van der Waals surface area contributed by atoms with Gasteiger partial charge in [-0.25, -0.2) is 4.39 Å². The third-order valence-corrected chi connectivity index (χ3v) is 5.48. The maximum absolute atomic E-state index is 14.1. The number of piperidine rings is 1. The second kappa shape index (κ2) is 8.71. The summed E-state index contributed by atoms with van der Waals surface area (Å²) in [5.41, 5.74) is 0.144. The third kappa shape index (κ3) is 4.18. The van der Waals surface area contributed by atoms with Gasteiger partial charge in [0.1, 0.15) is 11.9 Å². The van der Waals surface area contributed by atoms with E-state index in [-0.39, 0.29) is 30.4 Å². The zero-order chi connectivity index (χ0) is 20.1. The Labute approximate surface area is 164 Å². The van der Waals surface area contributed by atoms with Crippen molar-refractivity contribution in [1.82, 2.24) is 4.90 Å². The highest BCUT2D eigenvalue weighted by molar-refractivity contribution is 6.01. The molecule has 2 aliphatic rings. The molecule has 1 amide bonds. The Balaban J connectivity index is 1.75. The first-order valence-electron chi connectivity index (χ1n) is 9.91. The van der Waals surface area contributed by atoms with E-state index in [1.165, 1.54) is 6.07 Å². The number of rotatable bonds is 6. The van der Waals surface area contributed by atoms with Crippen molar-refractivity contribution in [2.45, 2.75) is 52.1 Å². The average Bonchev–Trinajstić information content (AvgIpc) is 3.16. The monoisotopic (exact) mass is 390 g/mol. The Kier molecular flexibility index (Phi) is 6.31. The molecular formula is C21H27FN2O4. The number of esters is 1.